The first-order valence-corrected chi connectivity index (χ1v) is 18.5. The molecule has 6 N–H and O–H groups in total. The van der Waals surface area contributed by atoms with E-state index in [0.717, 1.165) is 44.9 Å². The molecule has 0 radical (unpaired) electrons. The fourth-order valence-corrected chi connectivity index (χ4v) is 12.0. The third kappa shape index (κ3) is 7.34. The van der Waals surface area contributed by atoms with E-state index in [4.69, 9.17) is 5.11 Å². The smallest absolute Gasteiger partial charge is 0.307 e. The van der Waals surface area contributed by atoms with Gasteiger partial charge in [0, 0.05) is 31.7 Å². The summed E-state index contributed by atoms with van der Waals surface area (Å²) in [5.41, 5.74) is 0.0385. The molecule has 1 amide bonds. The number of aliphatic hydroxyl groups excluding tert-OH is 2. The number of aliphatic hydroxyl groups is 2. The Morgan fingerprint density at radius 2 is 1.67 bits per heavy atom. The van der Waals surface area contributed by atoms with Gasteiger partial charge in [0.15, 0.2) is 0 Å². The highest BCUT2D eigenvalue weighted by Gasteiger charge is 2.63. The average molecular weight is 628 g/mol. The van der Waals surface area contributed by atoms with Gasteiger partial charge in [-0.15, -0.1) is 0 Å². The molecule has 7 unspecified atom stereocenters. The van der Waals surface area contributed by atoms with E-state index in [-0.39, 0.29) is 53.9 Å². The minimum atomic E-state index is -3.92. The summed E-state index contributed by atoms with van der Waals surface area (Å²) < 4.78 is 12.6. The monoisotopic (exact) mass is 627 g/mol. The van der Waals surface area contributed by atoms with Crippen LogP contribution >= 0.6 is 7.37 Å². The molecule has 11 heteroatoms. The molecule has 4 fully saturated rings. The number of carboxylic acid groups (broad SMARTS) is 2. The van der Waals surface area contributed by atoms with Crippen LogP contribution in [0, 0.1) is 52.3 Å². The van der Waals surface area contributed by atoms with Crippen LogP contribution in [0.15, 0.2) is 0 Å². The Hall–Kier alpha value is -1.48. The fourth-order valence-electron chi connectivity index (χ4n) is 10.2. The number of fused-ring (bicyclic) bond motifs is 5. The highest BCUT2D eigenvalue weighted by Crippen LogP contribution is 2.68. The second-order valence-electron chi connectivity index (χ2n) is 15.0. The number of hydrogen-bond acceptors (Lipinski definition) is 6. The van der Waals surface area contributed by atoms with Crippen LogP contribution in [0.5, 0.6) is 0 Å². The summed E-state index contributed by atoms with van der Waals surface area (Å²) in [6, 6.07) is 0. The maximum Gasteiger partial charge on any atom is 0.307 e. The first-order chi connectivity index (χ1) is 20.1. The zero-order valence-corrected chi connectivity index (χ0v) is 27.0. The normalized spacial score (nSPS) is 39.8. The maximum absolute atomic E-state index is 12.6. The van der Waals surface area contributed by atoms with Crippen LogP contribution in [0.4, 0.5) is 0 Å². The summed E-state index contributed by atoms with van der Waals surface area (Å²) in [6.45, 7) is 7.35. The van der Waals surface area contributed by atoms with Crippen molar-refractivity contribution in [2.75, 3.05) is 18.9 Å². The van der Waals surface area contributed by atoms with Crippen molar-refractivity contribution in [3.63, 3.8) is 0 Å². The molecule has 0 aromatic heterocycles. The molecule has 246 valence electrons. The van der Waals surface area contributed by atoms with Crippen molar-refractivity contribution in [2.24, 2.45) is 52.3 Å². The molecular formula is C32H54NO9P. The third-order valence-corrected chi connectivity index (χ3v) is 14.6. The topological polar surface area (TPSA) is 181 Å². The van der Waals surface area contributed by atoms with E-state index in [2.05, 4.69) is 26.1 Å². The third-order valence-electron chi connectivity index (χ3n) is 12.7. The Balaban J connectivity index is 1.27. The predicted octanol–water partition coefficient (Wildman–Crippen LogP) is 4.35. The lowest BCUT2D eigenvalue weighted by molar-refractivity contribution is -0.174. The van der Waals surface area contributed by atoms with E-state index in [1.807, 2.05) is 0 Å². The number of carbonyl (C=O) groups is 3. The SMILES string of the molecule is CC(CCNC(=O)CCP(=O)(O)CC(CCC(=O)O)C(=O)O)[C@H]1CCC2C3CCC4C[C@H](O)CC[C@]4(C)C3C[C@H](O)[C@@]21C. The summed E-state index contributed by atoms with van der Waals surface area (Å²) >= 11 is 0. The van der Waals surface area contributed by atoms with Crippen molar-refractivity contribution in [1.82, 2.24) is 5.32 Å². The number of nitrogens with one attached hydrogen (secondary N) is 1. The summed E-state index contributed by atoms with van der Waals surface area (Å²) in [5, 5.41) is 43.0. The lowest BCUT2D eigenvalue weighted by Crippen LogP contribution is -2.58. The molecule has 43 heavy (non-hydrogen) atoms. The van der Waals surface area contributed by atoms with Gasteiger partial charge in [-0.05, 0) is 111 Å². The summed E-state index contributed by atoms with van der Waals surface area (Å²) in [5.74, 6) is -1.31. The fraction of sp³-hybridized carbons (Fsp3) is 0.906. The van der Waals surface area contributed by atoms with Crippen LogP contribution in [0.3, 0.4) is 0 Å². The van der Waals surface area contributed by atoms with Crippen molar-refractivity contribution in [3.05, 3.63) is 0 Å². The minimum Gasteiger partial charge on any atom is -0.481 e. The Kier molecular flexibility index (Phi) is 10.8. The molecule has 0 aliphatic heterocycles. The van der Waals surface area contributed by atoms with E-state index in [9.17, 15) is 39.2 Å². The number of carboxylic acids is 2. The molecule has 0 aromatic rings. The molecular weight excluding hydrogens is 573 g/mol. The number of carbonyl (C=O) groups excluding carboxylic acids is 1. The van der Waals surface area contributed by atoms with Crippen LogP contribution < -0.4 is 5.32 Å². The quantitative estimate of drug-likeness (QED) is 0.162. The lowest BCUT2D eigenvalue weighted by atomic mass is 9.43. The Morgan fingerprint density at radius 3 is 2.35 bits per heavy atom. The van der Waals surface area contributed by atoms with Crippen LogP contribution in [0.1, 0.15) is 97.8 Å². The zero-order valence-electron chi connectivity index (χ0n) is 26.1. The summed E-state index contributed by atoms with van der Waals surface area (Å²) in [6.07, 6.45) is 6.64. The van der Waals surface area contributed by atoms with Crippen LogP contribution in [0.2, 0.25) is 0 Å². The van der Waals surface area contributed by atoms with Gasteiger partial charge in [0.1, 0.15) is 0 Å². The molecule has 10 nitrogen and oxygen atoms in total. The Labute approximate surface area is 255 Å². The van der Waals surface area contributed by atoms with Gasteiger partial charge in [-0.1, -0.05) is 20.8 Å². The minimum absolute atomic E-state index is 0.160. The standard InChI is InChI=1S/C32H54NO9P/c1-19(11-14-33-28(36)12-15-43(41,42)18-20(30(39)40)4-9-29(37)38)24-7-8-25-23-6-5-21-16-22(34)10-13-31(21,2)26(23)17-27(35)32(24,25)3/h19-27,34-35H,4-18H2,1-3H3,(H,33,36)(H,37,38)(H,39,40)(H,41,42)/t19?,20?,21?,22-,23?,24-,25?,26?,27+,31+,32-/m1/s1. The Morgan fingerprint density at radius 1 is 0.953 bits per heavy atom. The van der Waals surface area contributed by atoms with Crippen molar-refractivity contribution >= 4 is 25.2 Å². The second kappa shape index (κ2) is 13.5. The summed E-state index contributed by atoms with van der Waals surface area (Å²) in [7, 11) is -3.92. The first-order valence-electron chi connectivity index (χ1n) is 16.5. The van der Waals surface area contributed by atoms with Crippen LogP contribution in [-0.2, 0) is 18.9 Å². The van der Waals surface area contributed by atoms with Gasteiger partial charge < -0.3 is 30.6 Å². The van der Waals surface area contributed by atoms with E-state index < -0.39 is 37.8 Å². The van der Waals surface area contributed by atoms with Gasteiger partial charge in [-0.3, -0.25) is 18.9 Å². The number of rotatable bonds is 13. The van der Waals surface area contributed by atoms with Gasteiger partial charge >= 0.3 is 11.9 Å². The molecule has 0 bridgehead atoms. The molecule has 4 saturated carbocycles. The van der Waals surface area contributed by atoms with E-state index >= 15 is 0 Å². The zero-order chi connectivity index (χ0) is 31.7. The van der Waals surface area contributed by atoms with Gasteiger partial charge in [0.2, 0.25) is 13.3 Å². The van der Waals surface area contributed by atoms with E-state index in [1.165, 1.54) is 12.8 Å². The van der Waals surface area contributed by atoms with Crippen LogP contribution in [-0.4, -0.2) is 74.2 Å². The molecule has 12 atom stereocenters. The number of hydrogen-bond donors (Lipinski definition) is 6. The molecule has 0 spiro atoms. The lowest BCUT2D eigenvalue weighted by Gasteiger charge is -2.62. The van der Waals surface area contributed by atoms with E-state index in [1.54, 1.807) is 0 Å². The molecule has 0 saturated heterocycles. The van der Waals surface area contributed by atoms with Crippen molar-refractivity contribution in [3.8, 4) is 0 Å². The first kappa shape index (κ1) is 34.4. The number of amides is 1. The largest absolute Gasteiger partial charge is 0.481 e. The van der Waals surface area contributed by atoms with Crippen molar-refractivity contribution in [2.45, 2.75) is 110 Å². The highest BCUT2D eigenvalue weighted by molar-refractivity contribution is 7.58. The average Bonchev–Trinajstić information content (AvgIpc) is 3.29. The molecule has 0 heterocycles. The van der Waals surface area contributed by atoms with Gasteiger partial charge in [0.05, 0.1) is 18.1 Å². The summed E-state index contributed by atoms with van der Waals surface area (Å²) in [4.78, 5) is 44.9. The van der Waals surface area contributed by atoms with Crippen LogP contribution in [0.25, 0.3) is 0 Å². The maximum atomic E-state index is 12.6. The van der Waals surface area contributed by atoms with Gasteiger partial charge in [-0.2, -0.15) is 0 Å². The van der Waals surface area contributed by atoms with Crippen molar-refractivity contribution in [1.29, 1.82) is 0 Å². The Bertz CT molecular complexity index is 1090. The van der Waals surface area contributed by atoms with Crippen molar-refractivity contribution < 1.29 is 44.3 Å². The van der Waals surface area contributed by atoms with E-state index in [0.29, 0.717) is 36.1 Å². The second-order valence-corrected chi connectivity index (χ2v) is 17.5. The molecule has 4 rings (SSSR count). The van der Waals surface area contributed by atoms with Gasteiger partial charge in [-0.25, -0.2) is 0 Å². The predicted molar refractivity (Wildman–Crippen MR) is 162 cm³/mol. The number of aliphatic carboxylic acids is 2. The van der Waals surface area contributed by atoms with Gasteiger partial charge in [0.25, 0.3) is 0 Å². The molecule has 4 aliphatic carbocycles. The molecule has 0 aromatic carbocycles. The molecule has 4 aliphatic rings. The highest BCUT2D eigenvalue weighted by atomic mass is 31.2.